The summed E-state index contributed by atoms with van der Waals surface area (Å²) in [6, 6.07) is 0.419. The molecule has 1 aliphatic carbocycles. The quantitative estimate of drug-likeness (QED) is 0.780. The molecule has 19 heavy (non-hydrogen) atoms. The normalized spacial score (nSPS) is 26.2. The van der Waals surface area contributed by atoms with Gasteiger partial charge in [-0.1, -0.05) is 13.8 Å². The summed E-state index contributed by atoms with van der Waals surface area (Å²) in [6.07, 6.45) is 6.06. The van der Waals surface area contributed by atoms with Gasteiger partial charge in [-0.05, 0) is 19.9 Å². The largest absolute Gasteiger partial charge is 0.484 e. The Balaban J connectivity index is 1.88. The van der Waals surface area contributed by atoms with E-state index in [1.54, 1.807) is 6.20 Å². The van der Waals surface area contributed by atoms with Gasteiger partial charge in [0.2, 0.25) is 0 Å². The predicted molar refractivity (Wildman–Crippen MR) is 74.4 cm³/mol. The summed E-state index contributed by atoms with van der Waals surface area (Å²) >= 11 is 0. The van der Waals surface area contributed by atoms with Crippen molar-refractivity contribution < 1.29 is 9.47 Å². The van der Waals surface area contributed by atoms with Gasteiger partial charge >= 0.3 is 0 Å². The number of aromatic nitrogens is 2. The van der Waals surface area contributed by atoms with Crippen molar-refractivity contribution in [2.75, 3.05) is 13.2 Å². The third-order valence-corrected chi connectivity index (χ3v) is 3.45. The van der Waals surface area contributed by atoms with E-state index >= 15 is 0 Å². The zero-order valence-electron chi connectivity index (χ0n) is 12.1. The standard InChI is InChI=1S/C14H25N3O2/c1-4-7-18-14-12(15-5-2)8-13(14)19-11-9-16-17(6-3)10-11/h9-10,12-15H,4-8H2,1-3H3. The molecule has 5 heteroatoms. The van der Waals surface area contributed by atoms with E-state index in [1.807, 2.05) is 10.9 Å². The second kappa shape index (κ2) is 6.91. The van der Waals surface area contributed by atoms with Crippen LogP contribution in [0.5, 0.6) is 5.75 Å². The lowest BCUT2D eigenvalue weighted by molar-refractivity contribution is -0.107. The fraction of sp³-hybridized carbons (Fsp3) is 0.786. The molecule has 1 aromatic heterocycles. The van der Waals surface area contributed by atoms with Crippen LogP contribution in [0.25, 0.3) is 0 Å². The molecule has 1 fully saturated rings. The molecule has 1 heterocycles. The van der Waals surface area contributed by atoms with Gasteiger partial charge in [0.1, 0.15) is 12.2 Å². The highest BCUT2D eigenvalue weighted by Gasteiger charge is 2.43. The third-order valence-electron chi connectivity index (χ3n) is 3.45. The molecule has 0 amide bonds. The number of ether oxygens (including phenoxy) is 2. The molecule has 5 nitrogen and oxygen atoms in total. The molecule has 0 bridgehead atoms. The first-order valence-electron chi connectivity index (χ1n) is 7.32. The Hall–Kier alpha value is -1.07. The Morgan fingerprint density at radius 3 is 2.89 bits per heavy atom. The van der Waals surface area contributed by atoms with Crippen LogP contribution in [0.1, 0.15) is 33.6 Å². The summed E-state index contributed by atoms with van der Waals surface area (Å²) in [5.74, 6) is 0.840. The van der Waals surface area contributed by atoms with E-state index in [0.717, 1.165) is 38.3 Å². The molecule has 0 aromatic carbocycles. The van der Waals surface area contributed by atoms with Gasteiger partial charge in [-0.3, -0.25) is 4.68 Å². The first-order valence-corrected chi connectivity index (χ1v) is 7.32. The van der Waals surface area contributed by atoms with Gasteiger partial charge in [0.15, 0.2) is 5.75 Å². The van der Waals surface area contributed by atoms with Crippen LogP contribution in [0.2, 0.25) is 0 Å². The Labute approximate surface area is 115 Å². The highest BCUT2D eigenvalue weighted by molar-refractivity contribution is 5.14. The smallest absolute Gasteiger partial charge is 0.157 e. The van der Waals surface area contributed by atoms with Crippen LogP contribution in [0, 0.1) is 0 Å². The summed E-state index contributed by atoms with van der Waals surface area (Å²) in [4.78, 5) is 0. The van der Waals surface area contributed by atoms with Crippen molar-refractivity contribution in [3.63, 3.8) is 0 Å². The molecule has 0 aliphatic heterocycles. The lowest BCUT2D eigenvalue weighted by Gasteiger charge is -2.44. The first-order chi connectivity index (χ1) is 9.28. The molecule has 1 aliphatic rings. The molecule has 0 saturated heterocycles. The molecule has 1 aromatic rings. The average molecular weight is 267 g/mol. The minimum absolute atomic E-state index is 0.144. The molecule has 2 rings (SSSR count). The van der Waals surface area contributed by atoms with Crippen LogP contribution in [0.15, 0.2) is 12.4 Å². The zero-order valence-corrected chi connectivity index (χ0v) is 12.1. The lowest BCUT2D eigenvalue weighted by atomic mass is 9.85. The topological polar surface area (TPSA) is 48.3 Å². The second-order valence-electron chi connectivity index (χ2n) is 4.92. The summed E-state index contributed by atoms with van der Waals surface area (Å²) in [6.45, 7) is 8.94. The first kappa shape index (κ1) is 14.3. The van der Waals surface area contributed by atoms with Gasteiger partial charge in [-0.2, -0.15) is 5.10 Å². The third kappa shape index (κ3) is 3.48. The highest BCUT2D eigenvalue weighted by Crippen LogP contribution is 2.29. The van der Waals surface area contributed by atoms with Crippen molar-refractivity contribution in [1.29, 1.82) is 0 Å². The molecule has 3 unspecified atom stereocenters. The molecular weight excluding hydrogens is 242 g/mol. The highest BCUT2D eigenvalue weighted by atomic mass is 16.5. The monoisotopic (exact) mass is 267 g/mol. The van der Waals surface area contributed by atoms with E-state index in [4.69, 9.17) is 9.47 Å². The molecule has 108 valence electrons. The predicted octanol–water partition coefficient (Wildman–Crippen LogP) is 1.83. The number of nitrogens with one attached hydrogen (secondary N) is 1. The summed E-state index contributed by atoms with van der Waals surface area (Å²) in [5.41, 5.74) is 0. The minimum Gasteiger partial charge on any atom is -0.484 e. The zero-order chi connectivity index (χ0) is 13.7. The molecule has 1 N–H and O–H groups in total. The van der Waals surface area contributed by atoms with Gasteiger partial charge in [0.05, 0.1) is 12.4 Å². The minimum atomic E-state index is 0.144. The number of rotatable bonds is 8. The maximum Gasteiger partial charge on any atom is 0.157 e. The van der Waals surface area contributed by atoms with E-state index in [2.05, 4.69) is 31.2 Å². The Morgan fingerprint density at radius 1 is 1.42 bits per heavy atom. The van der Waals surface area contributed by atoms with Crippen molar-refractivity contribution >= 4 is 0 Å². The maximum atomic E-state index is 5.97. The number of hydrogen-bond donors (Lipinski definition) is 1. The Bertz CT molecular complexity index is 381. The van der Waals surface area contributed by atoms with E-state index in [1.165, 1.54) is 0 Å². The molecule has 3 atom stereocenters. The molecule has 1 saturated carbocycles. The van der Waals surface area contributed by atoms with Gasteiger partial charge in [0, 0.05) is 25.6 Å². The van der Waals surface area contributed by atoms with Crippen LogP contribution >= 0.6 is 0 Å². The van der Waals surface area contributed by atoms with Gasteiger partial charge < -0.3 is 14.8 Å². The van der Waals surface area contributed by atoms with Crippen LogP contribution in [0.4, 0.5) is 0 Å². The average Bonchev–Trinajstić information content (AvgIpc) is 2.85. The number of nitrogens with zero attached hydrogens (tertiary/aromatic N) is 2. The number of likely N-dealkylation sites (N-methyl/N-ethyl adjacent to an activating group) is 1. The van der Waals surface area contributed by atoms with Crippen molar-refractivity contribution in [2.24, 2.45) is 0 Å². The Morgan fingerprint density at radius 2 is 2.26 bits per heavy atom. The Kier molecular flexibility index (Phi) is 5.22. The summed E-state index contributed by atoms with van der Waals surface area (Å²) in [7, 11) is 0. The van der Waals surface area contributed by atoms with E-state index < -0.39 is 0 Å². The second-order valence-corrected chi connectivity index (χ2v) is 4.92. The fourth-order valence-electron chi connectivity index (χ4n) is 2.39. The number of aryl methyl sites for hydroxylation is 1. The van der Waals surface area contributed by atoms with Crippen molar-refractivity contribution in [3.05, 3.63) is 12.4 Å². The van der Waals surface area contributed by atoms with Crippen molar-refractivity contribution in [3.8, 4) is 5.75 Å². The van der Waals surface area contributed by atoms with Gasteiger partial charge in [-0.15, -0.1) is 0 Å². The van der Waals surface area contributed by atoms with Gasteiger partial charge in [0.25, 0.3) is 0 Å². The fourth-order valence-corrected chi connectivity index (χ4v) is 2.39. The summed E-state index contributed by atoms with van der Waals surface area (Å²) in [5, 5.41) is 7.67. The maximum absolute atomic E-state index is 5.97. The number of hydrogen-bond acceptors (Lipinski definition) is 4. The van der Waals surface area contributed by atoms with Crippen LogP contribution in [-0.2, 0) is 11.3 Å². The van der Waals surface area contributed by atoms with E-state index in [0.29, 0.717) is 6.04 Å². The van der Waals surface area contributed by atoms with Crippen molar-refractivity contribution in [1.82, 2.24) is 15.1 Å². The van der Waals surface area contributed by atoms with Crippen LogP contribution in [-0.4, -0.2) is 41.2 Å². The van der Waals surface area contributed by atoms with E-state index in [9.17, 15) is 0 Å². The van der Waals surface area contributed by atoms with Crippen LogP contribution < -0.4 is 10.1 Å². The SMILES string of the molecule is CCCOC1C(NCC)CC1Oc1cnn(CC)c1. The van der Waals surface area contributed by atoms with Crippen molar-refractivity contribution in [2.45, 2.75) is 58.4 Å². The molecular formula is C14H25N3O2. The lowest BCUT2D eigenvalue weighted by Crippen LogP contribution is -2.61. The van der Waals surface area contributed by atoms with Crippen LogP contribution in [0.3, 0.4) is 0 Å². The molecule has 0 radical (unpaired) electrons. The van der Waals surface area contributed by atoms with Gasteiger partial charge in [-0.25, -0.2) is 0 Å². The van der Waals surface area contributed by atoms with E-state index in [-0.39, 0.29) is 12.2 Å². The molecule has 0 spiro atoms. The summed E-state index contributed by atoms with van der Waals surface area (Å²) < 4.78 is 13.7.